The topological polar surface area (TPSA) is 69.9 Å². The Morgan fingerprint density at radius 3 is 3.21 bits per heavy atom. The van der Waals surface area contributed by atoms with Crippen molar-refractivity contribution in [1.29, 1.82) is 0 Å². The minimum absolute atomic E-state index is 0.0216. The number of esters is 1. The molecule has 1 fully saturated rings. The van der Waals surface area contributed by atoms with Crippen LogP contribution in [0.4, 0.5) is 0 Å². The molecule has 0 radical (unpaired) electrons. The number of ether oxygens (including phenoxy) is 1. The Morgan fingerprint density at radius 1 is 1.63 bits per heavy atom. The Bertz CT molecular complexity index is 569. The summed E-state index contributed by atoms with van der Waals surface area (Å²) >= 11 is 3.03. The lowest BCUT2D eigenvalue weighted by molar-refractivity contribution is -0.140. The monoisotopic (exact) mass is 296 g/mol. The molecule has 2 atom stereocenters. The smallest absolute Gasteiger partial charge is 0.319 e. The van der Waals surface area contributed by atoms with Crippen molar-refractivity contribution in [2.75, 3.05) is 0 Å². The Hall–Kier alpha value is -1.41. The molecule has 8 heteroatoms. The molecule has 2 aromatic heterocycles. The number of hydrogen-bond acceptors (Lipinski definition) is 7. The number of hydrogen-bond donors (Lipinski definition) is 0. The molecule has 0 aliphatic carbocycles. The van der Waals surface area contributed by atoms with E-state index in [9.17, 15) is 4.79 Å². The Labute approximate surface area is 118 Å². The predicted octanol–water partition coefficient (Wildman–Crippen LogP) is 1.58. The molecule has 0 amide bonds. The van der Waals surface area contributed by atoms with Gasteiger partial charge >= 0.3 is 5.97 Å². The molecule has 19 heavy (non-hydrogen) atoms. The lowest BCUT2D eigenvalue weighted by atomic mass is 10.3. The SMILES string of the molecule is C[C@H]1C[C@@H](Sc2nnnn2Cc2cccs2)C(=O)O1. The second kappa shape index (κ2) is 5.30. The van der Waals surface area contributed by atoms with E-state index in [0.717, 1.165) is 0 Å². The van der Waals surface area contributed by atoms with Crippen LogP contribution < -0.4 is 0 Å². The third-order valence-corrected chi connectivity index (χ3v) is 4.79. The molecular weight excluding hydrogens is 284 g/mol. The number of thioether (sulfide) groups is 1. The van der Waals surface area contributed by atoms with Gasteiger partial charge in [0, 0.05) is 11.3 Å². The predicted molar refractivity (Wildman–Crippen MR) is 71.1 cm³/mol. The van der Waals surface area contributed by atoms with Crippen molar-refractivity contribution in [3.05, 3.63) is 22.4 Å². The van der Waals surface area contributed by atoms with E-state index in [1.54, 1.807) is 16.0 Å². The summed E-state index contributed by atoms with van der Waals surface area (Å²) in [7, 11) is 0. The first kappa shape index (κ1) is 12.6. The van der Waals surface area contributed by atoms with Crippen molar-refractivity contribution in [3.8, 4) is 0 Å². The first-order valence-corrected chi connectivity index (χ1v) is 7.64. The molecule has 0 saturated carbocycles. The Morgan fingerprint density at radius 2 is 2.53 bits per heavy atom. The highest BCUT2D eigenvalue weighted by Crippen LogP contribution is 2.30. The summed E-state index contributed by atoms with van der Waals surface area (Å²) in [5, 5.41) is 14.1. The molecule has 0 unspecified atom stereocenters. The molecule has 6 nitrogen and oxygen atoms in total. The summed E-state index contributed by atoms with van der Waals surface area (Å²) in [4.78, 5) is 12.8. The molecule has 0 spiro atoms. The molecule has 2 aromatic rings. The number of aromatic nitrogens is 4. The van der Waals surface area contributed by atoms with E-state index in [2.05, 4.69) is 15.5 Å². The van der Waals surface area contributed by atoms with Crippen LogP contribution in [0, 0.1) is 0 Å². The van der Waals surface area contributed by atoms with Gasteiger partial charge in [-0.05, 0) is 28.8 Å². The molecule has 0 N–H and O–H groups in total. The van der Waals surface area contributed by atoms with E-state index in [1.807, 2.05) is 24.4 Å². The van der Waals surface area contributed by atoms with Gasteiger partial charge in [0.05, 0.1) is 6.54 Å². The normalized spacial score (nSPS) is 22.7. The zero-order valence-electron chi connectivity index (χ0n) is 10.2. The average molecular weight is 296 g/mol. The van der Waals surface area contributed by atoms with Crippen molar-refractivity contribution in [2.45, 2.75) is 36.4 Å². The van der Waals surface area contributed by atoms with Crippen molar-refractivity contribution in [1.82, 2.24) is 20.2 Å². The second-order valence-corrected chi connectivity index (χ2v) is 6.49. The number of carbonyl (C=O) groups is 1. The summed E-state index contributed by atoms with van der Waals surface area (Å²) in [6, 6.07) is 4.03. The largest absolute Gasteiger partial charge is 0.462 e. The third-order valence-electron chi connectivity index (χ3n) is 2.76. The molecule has 0 aromatic carbocycles. The lowest BCUT2D eigenvalue weighted by Crippen LogP contribution is -2.12. The van der Waals surface area contributed by atoms with E-state index in [0.29, 0.717) is 18.1 Å². The van der Waals surface area contributed by atoms with E-state index >= 15 is 0 Å². The molecule has 3 heterocycles. The van der Waals surface area contributed by atoms with Crippen LogP contribution in [0.2, 0.25) is 0 Å². The molecule has 0 bridgehead atoms. The Kier molecular flexibility index (Phi) is 3.52. The Balaban J connectivity index is 1.72. The molecule has 3 rings (SSSR count). The maximum Gasteiger partial charge on any atom is 0.319 e. The van der Waals surface area contributed by atoms with Gasteiger partial charge in [0.1, 0.15) is 11.4 Å². The van der Waals surface area contributed by atoms with Gasteiger partial charge in [-0.3, -0.25) is 4.79 Å². The van der Waals surface area contributed by atoms with Crippen molar-refractivity contribution in [2.24, 2.45) is 0 Å². The van der Waals surface area contributed by atoms with Gasteiger partial charge in [0.2, 0.25) is 5.16 Å². The molecule has 100 valence electrons. The van der Waals surface area contributed by atoms with Gasteiger partial charge in [-0.2, -0.15) is 0 Å². The highest BCUT2D eigenvalue weighted by Gasteiger charge is 2.34. The van der Waals surface area contributed by atoms with Gasteiger partial charge in [0.25, 0.3) is 0 Å². The lowest BCUT2D eigenvalue weighted by Gasteiger charge is -2.05. The van der Waals surface area contributed by atoms with Gasteiger partial charge in [-0.15, -0.1) is 16.4 Å². The highest BCUT2D eigenvalue weighted by atomic mass is 32.2. The van der Waals surface area contributed by atoms with Gasteiger partial charge in [0.15, 0.2) is 0 Å². The molecule has 1 aliphatic heterocycles. The molecular formula is C11H12N4O2S2. The van der Waals surface area contributed by atoms with Crippen LogP contribution in [0.1, 0.15) is 18.2 Å². The van der Waals surface area contributed by atoms with Gasteiger partial charge < -0.3 is 4.74 Å². The van der Waals surface area contributed by atoms with Crippen molar-refractivity contribution >= 4 is 29.1 Å². The fourth-order valence-electron chi connectivity index (χ4n) is 1.87. The van der Waals surface area contributed by atoms with Crippen LogP contribution >= 0.6 is 23.1 Å². The minimum atomic E-state index is -0.205. The zero-order chi connectivity index (χ0) is 13.2. The first-order chi connectivity index (χ1) is 9.22. The van der Waals surface area contributed by atoms with Crippen LogP contribution in [-0.4, -0.2) is 37.5 Å². The fraction of sp³-hybridized carbons (Fsp3) is 0.455. The summed E-state index contributed by atoms with van der Waals surface area (Å²) in [6.45, 7) is 2.53. The summed E-state index contributed by atoms with van der Waals surface area (Å²) in [5.41, 5.74) is 0. The maximum atomic E-state index is 11.6. The second-order valence-electron chi connectivity index (χ2n) is 4.29. The van der Waals surface area contributed by atoms with Crippen LogP contribution in [0.15, 0.2) is 22.7 Å². The average Bonchev–Trinajstić information content (AvgIpc) is 3.06. The zero-order valence-corrected chi connectivity index (χ0v) is 11.9. The van der Waals surface area contributed by atoms with Crippen LogP contribution in [-0.2, 0) is 16.1 Å². The standard InChI is InChI=1S/C11H12N4O2S2/c1-7-5-9(10(16)17-7)19-11-12-13-14-15(11)6-8-3-2-4-18-8/h2-4,7,9H,5-6H2,1H3/t7-,9+/m0/s1. The third kappa shape index (κ3) is 2.79. The van der Waals surface area contributed by atoms with E-state index in [4.69, 9.17) is 4.74 Å². The van der Waals surface area contributed by atoms with Gasteiger partial charge in [-0.1, -0.05) is 17.8 Å². The minimum Gasteiger partial charge on any atom is -0.462 e. The van der Waals surface area contributed by atoms with E-state index in [-0.39, 0.29) is 17.3 Å². The van der Waals surface area contributed by atoms with Gasteiger partial charge in [-0.25, -0.2) is 4.68 Å². The quantitative estimate of drug-likeness (QED) is 0.798. The number of cyclic esters (lactones) is 1. The maximum absolute atomic E-state index is 11.6. The number of thiophene rings is 1. The molecule has 1 aliphatic rings. The fourth-order valence-corrected chi connectivity index (χ4v) is 3.64. The van der Waals surface area contributed by atoms with Crippen LogP contribution in [0.25, 0.3) is 0 Å². The van der Waals surface area contributed by atoms with E-state index < -0.39 is 0 Å². The summed E-state index contributed by atoms with van der Waals surface area (Å²) < 4.78 is 6.85. The van der Waals surface area contributed by atoms with Crippen molar-refractivity contribution < 1.29 is 9.53 Å². The molecule has 1 saturated heterocycles. The number of tetrazole rings is 1. The van der Waals surface area contributed by atoms with Crippen LogP contribution in [0.3, 0.4) is 0 Å². The summed E-state index contributed by atoms with van der Waals surface area (Å²) in [5.74, 6) is -0.178. The van der Waals surface area contributed by atoms with Crippen LogP contribution in [0.5, 0.6) is 0 Å². The number of rotatable bonds is 4. The first-order valence-electron chi connectivity index (χ1n) is 5.88. The number of nitrogens with zero attached hydrogens (tertiary/aromatic N) is 4. The van der Waals surface area contributed by atoms with Crippen molar-refractivity contribution in [3.63, 3.8) is 0 Å². The summed E-state index contributed by atoms with van der Waals surface area (Å²) in [6.07, 6.45) is 0.682. The van der Waals surface area contributed by atoms with E-state index in [1.165, 1.54) is 16.6 Å². The highest BCUT2D eigenvalue weighted by molar-refractivity contribution is 8.00. The number of carbonyl (C=O) groups excluding carboxylic acids is 1.